The molecule has 2 aromatic carbocycles. The third-order valence-corrected chi connectivity index (χ3v) is 8.57. The molecule has 0 amide bonds. The van der Waals surface area contributed by atoms with Crippen LogP contribution >= 0.6 is 11.3 Å². The van der Waals surface area contributed by atoms with Crippen LogP contribution in [0.2, 0.25) is 0 Å². The highest BCUT2D eigenvalue weighted by Crippen LogP contribution is 2.37. The van der Waals surface area contributed by atoms with Crippen molar-refractivity contribution >= 4 is 32.3 Å². The number of fused-ring (bicyclic) bond motifs is 6. The van der Waals surface area contributed by atoms with Gasteiger partial charge in [0.2, 0.25) is 0 Å². The van der Waals surface area contributed by atoms with Gasteiger partial charge in [-0.15, -0.1) is 11.3 Å². The molecule has 1 fully saturated rings. The second kappa shape index (κ2) is 7.90. The van der Waals surface area contributed by atoms with Gasteiger partial charge < -0.3 is 4.57 Å². The first-order chi connectivity index (χ1) is 16.7. The second-order valence-electron chi connectivity index (χ2n) is 9.77. The standard InChI is InChI=1S/C29H25N3OS/c33-29-24(28-13-22-6-2-4-8-27(22)34-28)9-10-26-23-12-20(17-32(26)29)16-31(18-23)15-19-11-21-5-1-3-7-25(21)30-14-19/h1-11,13-14,20,23H,12,15-18H2. The molecule has 2 aliphatic rings. The Kier molecular flexibility index (Phi) is 4.67. The Hall–Kier alpha value is -3.28. The Bertz CT molecular complexity index is 1570. The highest BCUT2D eigenvalue weighted by Gasteiger charge is 2.35. The Labute approximate surface area is 202 Å². The Morgan fingerprint density at radius 3 is 2.68 bits per heavy atom. The number of hydrogen-bond donors (Lipinski definition) is 0. The van der Waals surface area contributed by atoms with E-state index < -0.39 is 0 Å². The number of nitrogens with zero attached hydrogens (tertiary/aromatic N) is 3. The van der Waals surface area contributed by atoms with Crippen LogP contribution in [0.4, 0.5) is 0 Å². The number of piperidine rings is 1. The first-order valence-corrected chi connectivity index (χ1v) is 12.8. The van der Waals surface area contributed by atoms with Gasteiger partial charge in [0, 0.05) is 59.0 Å². The van der Waals surface area contributed by atoms with Crippen LogP contribution in [0.1, 0.15) is 23.6 Å². The number of aromatic nitrogens is 2. The molecule has 0 N–H and O–H groups in total. The van der Waals surface area contributed by atoms with Gasteiger partial charge in [0.25, 0.3) is 5.56 Å². The molecule has 0 radical (unpaired) electrons. The average Bonchev–Trinajstić information content (AvgIpc) is 3.29. The molecule has 5 heterocycles. The van der Waals surface area contributed by atoms with Gasteiger partial charge in [-0.3, -0.25) is 14.7 Å². The summed E-state index contributed by atoms with van der Waals surface area (Å²) in [5, 5.41) is 2.41. The van der Waals surface area contributed by atoms with Gasteiger partial charge in [-0.05, 0) is 59.7 Å². The van der Waals surface area contributed by atoms with Crippen molar-refractivity contribution in [3.05, 3.63) is 101 Å². The molecule has 3 aromatic heterocycles. The maximum atomic E-state index is 13.6. The number of thiophene rings is 1. The van der Waals surface area contributed by atoms with Crippen molar-refractivity contribution in [2.24, 2.45) is 5.92 Å². The molecule has 1 saturated heterocycles. The lowest BCUT2D eigenvalue weighted by molar-refractivity contribution is 0.114. The molecule has 7 rings (SSSR count). The smallest absolute Gasteiger partial charge is 0.259 e. The third kappa shape index (κ3) is 3.39. The molecule has 0 spiro atoms. The first kappa shape index (κ1) is 20.1. The number of likely N-dealkylation sites (tertiary alicyclic amines) is 1. The fourth-order valence-corrected chi connectivity index (χ4v) is 7.02. The maximum Gasteiger partial charge on any atom is 0.259 e. The van der Waals surface area contributed by atoms with Gasteiger partial charge in [0.15, 0.2) is 0 Å². The predicted molar refractivity (Wildman–Crippen MR) is 139 cm³/mol. The summed E-state index contributed by atoms with van der Waals surface area (Å²) < 4.78 is 3.31. The van der Waals surface area contributed by atoms with E-state index in [-0.39, 0.29) is 5.56 Å². The number of hydrogen-bond acceptors (Lipinski definition) is 4. The zero-order chi connectivity index (χ0) is 22.6. The highest BCUT2D eigenvalue weighted by atomic mass is 32.1. The molecule has 4 nitrogen and oxygen atoms in total. The normalized spacial score (nSPS) is 20.0. The summed E-state index contributed by atoms with van der Waals surface area (Å²) in [6, 6.07) is 25.4. The monoisotopic (exact) mass is 463 g/mol. The molecule has 2 unspecified atom stereocenters. The van der Waals surface area contributed by atoms with Crippen LogP contribution in [0.5, 0.6) is 0 Å². The lowest BCUT2D eigenvalue weighted by Gasteiger charge is -2.43. The lowest BCUT2D eigenvalue weighted by Crippen LogP contribution is -2.46. The van der Waals surface area contributed by atoms with Crippen molar-refractivity contribution in [1.82, 2.24) is 14.5 Å². The average molecular weight is 464 g/mol. The molecule has 0 saturated carbocycles. The highest BCUT2D eigenvalue weighted by molar-refractivity contribution is 7.22. The molecule has 168 valence electrons. The SMILES string of the molecule is O=c1c(-c2cc3ccccc3s2)ccc2n1CC1CC2CN(Cc2cnc3ccccc3c2)C1. The van der Waals surface area contributed by atoms with Crippen LogP contribution in [0.25, 0.3) is 31.4 Å². The van der Waals surface area contributed by atoms with E-state index in [0.29, 0.717) is 11.8 Å². The van der Waals surface area contributed by atoms with E-state index in [1.807, 2.05) is 12.3 Å². The fraction of sp³-hybridized carbons (Fsp3) is 0.241. The number of benzene rings is 2. The van der Waals surface area contributed by atoms with Gasteiger partial charge in [0.05, 0.1) is 11.1 Å². The van der Waals surface area contributed by atoms with Crippen molar-refractivity contribution in [3.8, 4) is 10.4 Å². The topological polar surface area (TPSA) is 38.1 Å². The van der Waals surface area contributed by atoms with E-state index in [4.69, 9.17) is 0 Å². The number of rotatable bonds is 3. The molecule has 0 aliphatic carbocycles. The quantitative estimate of drug-likeness (QED) is 0.334. The number of pyridine rings is 2. The lowest BCUT2D eigenvalue weighted by atomic mass is 9.82. The molecular formula is C29H25N3OS. The predicted octanol–water partition coefficient (Wildman–Crippen LogP) is 5.90. The van der Waals surface area contributed by atoms with Crippen molar-refractivity contribution < 1.29 is 0 Å². The first-order valence-electron chi connectivity index (χ1n) is 12.0. The van der Waals surface area contributed by atoms with Gasteiger partial charge in [-0.25, -0.2) is 0 Å². The van der Waals surface area contributed by atoms with E-state index in [1.54, 1.807) is 11.3 Å². The summed E-state index contributed by atoms with van der Waals surface area (Å²) in [5.41, 5.74) is 4.52. The third-order valence-electron chi connectivity index (χ3n) is 7.42. The van der Waals surface area contributed by atoms with Crippen LogP contribution < -0.4 is 5.56 Å². The van der Waals surface area contributed by atoms with E-state index in [9.17, 15) is 4.79 Å². The minimum Gasteiger partial charge on any atom is -0.311 e. The molecule has 5 aromatic rings. The van der Waals surface area contributed by atoms with Crippen LogP contribution in [0.3, 0.4) is 0 Å². The molecule has 2 atom stereocenters. The van der Waals surface area contributed by atoms with Gasteiger partial charge >= 0.3 is 0 Å². The van der Waals surface area contributed by atoms with E-state index in [0.717, 1.165) is 42.1 Å². The summed E-state index contributed by atoms with van der Waals surface area (Å²) in [5.74, 6) is 0.917. The Morgan fingerprint density at radius 1 is 0.912 bits per heavy atom. The number of para-hydroxylation sites is 1. The Balaban J connectivity index is 1.17. The van der Waals surface area contributed by atoms with E-state index in [1.165, 1.54) is 33.2 Å². The van der Waals surface area contributed by atoms with E-state index in [2.05, 4.69) is 81.2 Å². The fourth-order valence-electron chi connectivity index (χ4n) is 5.94. The van der Waals surface area contributed by atoms with Crippen molar-refractivity contribution in [3.63, 3.8) is 0 Å². The summed E-state index contributed by atoms with van der Waals surface area (Å²) in [4.78, 5) is 21.8. The molecule has 2 bridgehead atoms. The summed E-state index contributed by atoms with van der Waals surface area (Å²) in [6.07, 6.45) is 3.19. The van der Waals surface area contributed by atoms with Crippen molar-refractivity contribution in [1.29, 1.82) is 0 Å². The van der Waals surface area contributed by atoms with Crippen molar-refractivity contribution in [2.45, 2.75) is 25.4 Å². The van der Waals surface area contributed by atoms with Gasteiger partial charge in [-0.1, -0.05) is 36.4 Å². The van der Waals surface area contributed by atoms with Gasteiger partial charge in [-0.2, -0.15) is 0 Å². The van der Waals surface area contributed by atoms with Crippen LogP contribution in [-0.2, 0) is 13.1 Å². The van der Waals surface area contributed by atoms with Crippen molar-refractivity contribution in [2.75, 3.05) is 13.1 Å². The van der Waals surface area contributed by atoms with Crippen LogP contribution in [-0.4, -0.2) is 27.5 Å². The zero-order valence-corrected chi connectivity index (χ0v) is 19.7. The molecule has 34 heavy (non-hydrogen) atoms. The largest absolute Gasteiger partial charge is 0.311 e. The van der Waals surface area contributed by atoms with Crippen LogP contribution in [0.15, 0.2) is 83.8 Å². The zero-order valence-electron chi connectivity index (χ0n) is 18.9. The minimum atomic E-state index is 0.172. The summed E-state index contributed by atoms with van der Waals surface area (Å²) >= 11 is 1.71. The van der Waals surface area contributed by atoms with Crippen LogP contribution in [0, 0.1) is 5.92 Å². The second-order valence-corrected chi connectivity index (χ2v) is 10.8. The molecule has 2 aliphatic heterocycles. The summed E-state index contributed by atoms with van der Waals surface area (Å²) in [6.45, 7) is 3.75. The molecule has 5 heteroatoms. The van der Waals surface area contributed by atoms with Gasteiger partial charge in [0.1, 0.15) is 0 Å². The van der Waals surface area contributed by atoms with E-state index >= 15 is 0 Å². The minimum absolute atomic E-state index is 0.172. The Morgan fingerprint density at radius 2 is 1.76 bits per heavy atom. The maximum absolute atomic E-state index is 13.6. The molecular weight excluding hydrogens is 438 g/mol. The summed E-state index contributed by atoms with van der Waals surface area (Å²) in [7, 11) is 0.